The summed E-state index contributed by atoms with van der Waals surface area (Å²) in [6.45, 7) is 0.254. The maximum Gasteiger partial charge on any atom is 0.419 e. The van der Waals surface area contributed by atoms with Gasteiger partial charge in [-0.25, -0.2) is 9.18 Å². The van der Waals surface area contributed by atoms with Gasteiger partial charge in [0.15, 0.2) is 5.58 Å². The molecular weight excluding hydrogens is 287 g/mol. The molecule has 1 aromatic heterocycles. The number of fused-ring (bicyclic) bond motifs is 1. The van der Waals surface area contributed by atoms with Crippen LogP contribution < -0.4 is 11.1 Å². The first-order valence-electron chi connectivity index (χ1n) is 6.67. The van der Waals surface area contributed by atoms with Crippen LogP contribution in [0.4, 0.5) is 4.39 Å². The van der Waals surface area contributed by atoms with E-state index in [2.05, 4.69) is 5.32 Å². The molecular formula is C16H13FN2O3. The van der Waals surface area contributed by atoms with Crippen molar-refractivity contribution in [3.8, 4) is 0 Å². The molecule has 1 heterocycles. The number of hydrogen-bond acceptors (Lipinski definition) is 3. The van der Waals surface area contributed by atoms with Gasteiger partial charge in [-0.3, -0.25) is 9.36 Å². The van der Waals surface area contributed by atoms with Gasteiger partial charge in [-0.2, -0.15) is 0 Å². The molecule has 0 atom stereocenters. The molecule has 0 aliphatic carbocycles. The molecule has 5 nitrogen and oxygen atoms in total. The van der Waals surface area contributed by atoms with Gasteiger partial charge in [0.25, 0.3) is 5.91 Å². The van der Waals surface area contributed by atoms with E-state index in [-0.39, 0.29) is 18.0 Å². The average molecular weight is 300 g/mol. The number of benzene rings is 2. The third-order valence-corrected chi connectivity index (χ3v) is 3.40. The third kappa shape index (κ3) is 2.63. The first-order chi connectivity index (χ1) is 10.5. The second kappa shape index (κ2) is 5.48. The Kier molecular flexibility index (Phi) is 3.50. The van der Waals surface area contributed by atoms with Crippen molar-refractivity contribution in [1.82, 2.24) is 9.88 Å². The minimum absolute atomic E-state index is 0.254. The topological polar surface area (TPSA) is 64.2 Å². The van der Waals surface area contributed by atoms with Gasteiger partial charge < -0.3 is 9.73 Å². The van der Waals surface area contributed by atoms with Crippen LogP contribution in [0.15, 0.2) is 51.7 Å². The van der Waals surface area contributed by atoms with E-state index in [4.69, 9.17) is 4.42 Å². The zero-order valence-electron chi connectivity index (χ0n) is 11.8. The van der Waals surface area contributed by atoms with Crippen molar-refractivity contribution in [1.29, 1.82) is 0 Å². The highest BCUT2D eigenvalue weighted by Crippen LogP contribution is 2.14. The Balaban J connectivity index is 1.76. The first-order valence-corrected chi connectivity index (χ1v) is 6.67. The molecule has 0 unspecified atom stereocenters. The lowest BCUT2D eigenvalue weighted by Crippen LogP contribution is -2.22. The van der Waals surface area contributed by atoms with Gasteiger partial charge in [0.1, 0.15) is 5.82 Å². The van der Waals surface area contributed by atoms with E-state index in [0.717, 1.165) is 5.56 Å². The van der Waals surface area contributed by atoms with Crippen LogP contribution in [0.25, 0.3) is 11.1 Å². The SMILES string of the molecule is Cn1c(=O)oc2cc(CNC(=O)c3cccc(F)c3)ccc21. The number of aromatic nitrogens is 1. The molecule has 0 radical (unpaired) electrons. The molecule has 0 bridgehead atoms. The number of amides is 1. The summed E-state index contributed by atoms with van der Waals surface area (Å²) in [6, 6.07) is 10.7. The van der Waals surface area contributed by atoms with E-state index in [1.165, 1.54) is 28.8 Å². The highest BCUT2D eigenvalue weighted by atomic mass is 19.1. The summed E-state index contributed by atoms with van der Waals surface area (Å²) in [4.78, 5) is 23.4. The lowest BCUT2D eigenvalue weighted by molar-refractivity contribution is 0.0950. The molecule has 112 valence electrons. The average Bonchev–Trinajstić information content (AvgIpc) is 2.79. The maximum atomic E-state index is 13.1. The number of carbonyl (C=O) groups excluding carboxylic acids is 1. The van der Waals surface area contributed by atoms with Crippen LogP contribution in [0, 0.1) is 5.82 Å². The van der Waals surface area contributed by atoms with Crippen molar-refractivity contribution in [3.05, 3.63) is 70.0 Å². The molecule has 0 aliphatic rings. The number of nitrogens with one attached hydrogen (secondary N) is 1. The Morgan fingerprint density at radius 2 is 2.09 bits per heavy atom. The van der Waals surface area contributed by atoms with Crippen molar-refractivity contribution >= 4 is 17.0 Å². The smallest absolute Gasteiger partial charge is 0.408 e. The van der Waals surface area contributed by atoms with Gasteiger partial charge in [0.2, 0.25) is 0 Å². The van der Waals surface area contributed by atoms with Crippen molar-refractivity contribution in [3.63, 3.8) is 0 Å². The first kappa shape index (κ1) is 14.1. The predicted molar refractivity (Wildman–Crippen MR) is 79.0 cm³/mol. The van der Waals surface area contributed by atoms with E-state index >= 15 is 0 Å². The van der Waals surface area contributed by atoms with Crippen LogP contribution in [-0.2, 0) is 13.6 Å². The van der Waals surface area contributed by atoms with E-state index in [1.807, 2.05) is 0 Å². The Morgan fingerprint density at radius 3 is 2.86 bits per heavy atom. The van der Waals surface area contributed by atoms with Gasteiger partial charge >= 0.3 is 5.76 Å². The molecule has 0 spiro atoms. The minimum Gasteiger partial charge on any atom is -0.408 e. The predicted octanol–water partition coefficient (Wildman–Crippen LogP) is 2.20. The molecule has 0 saturated carbocycles. The maximum absolute atomic E-state index is 13.1. The quantitative estimate of drug-likeness (QED) is 0.806. The van der Waals surface area contributed by atoms with Gasteiger partial charge in [-0.1, -0.05) is 12.1 Å². The summed E-state index contributed by atoms with van der Waals surface area (Å²) >= 11 is 0. The number of carbonyl (C=O) groups is 1. The molecule has 0 saturated heterocycles. The molecule has 3 aromatic rings. The van der Waals surface area contributed by atoms with Gasteiger partial charge in [-0.15, -0.1) is 0 Å². The van der Waals surface area contributed by atoms with Crippen LogP contribution in [-0.4, -0.2) is 10.5 Å². The Morgan fingerprint density at radius 1 is 1.27 bits per heavy atom. The number of aryl methyl sites for hydroxylation is 1. The van der Waals surface area contributed by atoms with Crippen LogP contribution >= 0.6 is 0 Å². The number of halogens is 1. The van der Waals surface area contributed by atoms with Gasteiger partial charge in [0.05, 0.1) is 5.52 Å². The third-order valence-electron chi connectivity index (χ3n) is 3.40. The summed E-state index contributed by atoms with van der Waals surface area (Å²) in [7, 11) is 1.62. The van der Waals surface area contributed by atoms with Crippen LogP contribution in [0.2, 0.25) is 0 Å². The van der Waals surface area contributed by atoms with E-state index in [9.17, 15) is 14.0 Å². The fraction of sp³-hybridized carbons (Fsp3) is 0.125. The number of oxazole rings is 1. The number of rotatable bonds is 3. The Labute approximate surface area is 125 Å². The van der Waals surface area contributed by atoms with Crippen molar-refractivity contribution in [2.45, 2.75) is 6.54 Å². The highest BCUT2D eigenvalue weighted by molar-refractivity contribution is 5.94. The number of hydrogen-bond donors (Lipinski definition) is 1. The Hall–Kier alpha value is -2.89. The van der Waals surface area contributed by atoms with Gasteiger partial charge in [-0.05, 0) is 35.9 Å². The zero-order chi connectivity index (χ0) is 15.7. The lowest BCUT2D eigenvalue weighted by Gasteiger charge is -2.05. The van der Waals surface area contributed by atoms with Crippen LogP contribution in [0.3, 0.4) is 0 Å². The molecule has 3 rings (SSSR count). The zero-order valence-corrected chi connectivity index (χ0v) is 11.8. The van der Waals surface area contributed by atoms with Gasteiger partial charge in [0, 0.05) is 19.2 Å². The standard InChI is InChI=1S/C16H13FN2O3/c1-19-13-6-5-10(7-14(13)22-16(19)21)9-18-15(20)11-3-2-4-12(17)8-11/h2-8H,9H2,1H3,(H,18,20). The fourth-order valence-corrected chi connectivity index (χ4v) is 2.20. The minimum atomic E-state index is -0.458. The van der Waals surface area contributed by atoms with Crippen molar-refractivity contribution in [2.75, 3.05) is 0 Å². The molecule has 1 N–H and O–H groups in total. The summed E-state index contributed by atoms with van der Waals surface area (Å²) in [6.07, 6.45) is 0. The Bertz CT molecular complexity index is 911. The molecule has 0 fully saturated rings. The molecule has 6 heteroatoms. The van der Waals surface area contributed by atoms with Crippen LogP contribution in [0.5, 0.6) is 0 Å². The summed E-state index contributed by atoms with van der Waals surface area (Å²) in [5.74, 6) is -1.26. The van der Waals surface area contributed by atoms with E-state index < -0.39 is 11.6 Å². The molecule has 2 aromatic carbocycles. The normalized spacial score (nSPS) is 10.8. The lowest BCUT2D eigenvalue weighted by atomic mass is 10.2. The summed E-state index contributed by atoms with van der Waals surface area (Å²) < 4.78 is 19.6. The summed E-state index contributed by atoms with van der Waals surface area (Å²) in [5.41, 5.74) is 2.19. The van der Waals surface area contributed by atoms with Crippen LogP contribution in [0.1, 0.15) is 15.9 Å². The van der Waals surface area contributed by atoms with Crippen molar-refractivity contribution < 1.29 is 13.6 Å². The summed E-state index contributed by atoms with van der Waals surface area (Å²) in [5, 5.41) is 2.70. The highest BCUT2D eigenvalue weighted by Gasteiger charge is 2.09. The fourth-order valence-electron chi connectivity index (χ4n) is 2.20. The van der Waals surface area contributed by atoms with E-state index in [1.54, 1.807) is 25.2 Å². The second-order valence-corrected chi connectivity index (χ2v) is 4.92. The molecule has 22 heavy (non-hydrogen) atoms. The second-order valence-electron chi connectivity index (χ2n) is 4.92. The molecule has 1 amide bonds. The van der Waals surface area contributed by atoms with E-state index in [0.29, 0.717) is 11.1 Å². The van der Waals surface area contributed by atoms with Crippen molar-refractivity contribution in [2.24, 2.45) is 7.05 Å². The monoisotopic (exact) mass is 300 g/mol. The largest absolute Gasteiger partial charge is 0.419 e. The molecule has 0 aliphatic heterocycles. The number of nitrogens with zero attached hydrogens (tertiary/aromatic N) is 1.